The lowest BCUT2D eigenvalue weighted by molar-refractivity contribution is 0.0597. The number of phenols is 1. The molecule has 0 saturated carbocycles. The van der Waals surface area contributed by atoms with E-state index in [-0.39, 0.29) is 11.3 Å². The molecule has 0 aliphatic rings. The van der Waals surface area contributed by atoms with E-state index in [1.165, 1.54) is 20.3 Å². The van der Waals surface area contributed by atoms with Crippen LogP contribution in [0.3, 0.4) is 0 Å². The van der Waals surface area contributed by atoms with E-state index in [1.54, 1.807) is 12.1 Å². The molecule has 0 heterocycles. The fraction of sp³-hybridized carbons (Fsp3) is 0.250. The average molecular weight is 222 g/mol. The van der Waals surface area contributed by atoms with Gasteiger partial charge in [0.05, 0.1) is 14.2 Å². The van der Waals surface area contributed by atoms with Gasteiger partial charge in [0.2, 0.25) is 0 Å². The first-order valence-corrected chi connectivity index (χ1v) is 4.73. The summed E-state index contributed by atoms with van der Waals surface area (Å²) >= 11 is 0. The monoisotopic (exact) mass is 222 g/mol. The van der Waals surface area contributed by atoms with Gasteiger partial charge in [-0.1, -0.05) is 6.08 Å². The molecule has 0 aliphatic heterocycles. The van der Waals surface area contributed by atoms with Crippen molar-refractivity contribution >= 4 is 5.97 Å². The van der Waals surface area contributed by atoms with E-state index in [4.69, 9.17) is 4.74 Å². The fourth-order valence-corrected chi connectivity index (χ4v) is 1.36. The van der Waals surface area contributed by atoms with Gasteiger partial charge in [0.1, 0.15) is 17.1 Å². The Kier molecular flexibility index (Phi) is 3.94. The number of esters is 1. The number of carbonyl (C=O) groups is 1. The van der Waals surface area contributed by atoms with Crippen molar-refractivity contribution in [3.63, 3.8) is 0 Å². The first kappa shape index (κ1) is 12.1. The van der Waals surface area contributed by atoms with Crippen LogP contribution in [0.5, 0.6) is 11.5 Å². The maximum atomic E-state index is 11.4. The highest BCUT2D eigenvalue weighted by molar-refractivity contribution is 5.93. The summed E-state index contributed by atoms with van der Waals surface area (Å²) in [6.45, 7) is 3.58. The number of hydrogen-bond donors (Lipinski definition) is 1. The van der Waals surface area contributed by atoms with Crippen LogP contribution in [0, 0.1) is 0 Å². The highest BCUT2D eigenvalue weighted by atomic mass is 16.5. The Morgan fingerprint density at radius 3 is 2.69 bits per heavy atom. The molecule has 1 aromatic carbocycles. The molecule has 1 N–H and O–H groups in total. The lowest BCUT2D eigenvalue weighted by Gasteiger charge is -2.10. The quantitative estimate of drug-likeness (QED) is 0.624. The molecule has 0 spiro atoms. The van der Waals surface area contributed by atoms with E-state index < -0.39 is 5.97 Å². The number of hydrogen-bond acceptors (Lipinski definition) is 4. The second kappa shape index (κ2) is 5.21. The van der Waals surface area contributed by atoms with Crippen LogP contribution in [0.4, 0.5) is 0 Å². The summed E-state index contributed by atoms with van der Waals surface area (Å²) in [6, 6.07) is 3.09. The van der Waals surface area contributed by atoms with Crippen molar-refractivity contribution < 1.29 is 19.4 Å². The molecule has 0 fully saturated rings. The number of phenolic OH excluding ortho intramolecular Hbond substituents is 1. The molecule has 4 nitrogen and oxygen atoms in total. The van der Waals surface area contributed by atoms with E-state index in [2.05, 4.69) is 11.3 Å². The zero-order valence-corrected chi connectivity index (χ0v) is 9.32. The Morgan fingerprint density at radius 1 is 1.50 bits per heavy atom. The normalized spacial score (nSPS) is 9.62. The van der Waals surface area contributed by atoms with Crippen LogP contribution in [0.1, 0.15) is 15.9 Å². The Balaban J connectivity index is 3.30. The molecule has 0 aliphatic carbocycles. The second-order valence-electron chi connectivity index (χ2n) is 3.17. The molecule has 0 unspecified atom stereocenters. The first-order chi connectivity index (χ1) is 7.63. The lowest BCUT2D eigenvalue weighted by atomic mass is 10.1. The molecular weight excluding hydrogens is 208 g/mol. The number of allylic oxidation sites excluding steroid dienone is 1. The molecular formula is C12H14O4. The molecule has 1 aromatic rings. The van der Waals surface area contributed by atoms with Gasteiger partial charge in [-0.2, -0.15) is 0 Å². The first-order valence-electron chi connectivity index (χ1n) is 4.73. The predicted octanol–water partition coefficient (Wildman–Crippen LogP) is 1.92. The van der Waals surface area contributed by atoms with Crippen molar-refractivity contribution in [2.24, 2.45) is 0 Å². The van der Waals surface area contributed by atoms with E-state index in [1.807, 2.05) is 0 Å². The van der Waals surface area contributed by atoms with Gasteiger partial charge in [-0.3, -0.25) is 0 Å². The molecule has 0 amide bonds. The molecule has 4 heteroatoms. The topological polar surface area (TPSA) is 55.8 Å². The second-order valence-corrected chi connectivity index (χ2v) is 3.17. The highest BCUT2D eigenvalue weighted by Crippen LogP contribution is 2.29. The zero-order chi connectivity index (χ0) is 12.1. The number of aromatic hydroxyl groups is 1. The van der Waals surface area contributed by atoms with E-state index in [9.17, 15) is 9.90 Å². The molecule has 86 valence electrons. The largest absolute Gasteiger partial charge is 0.507 e. The number of carbonyl (C=O) groups excluding carboxylic acids is 1. The van der Waals surface area contributed by atoms with Gasteiger partial charge in [0, 0.05) is 5.56 Å². The van der Waals surface area contributed by atoms with Gasteiger partial charge < -0.3 is 14.6 Å². The van der Waals surface area contributed by atoms with Gasteiger partial charge in [-0.15, -0.1) is 6.58 Å². The predicted molar refractivity (Wildman–Crippen MR) is 59.9 cm³/mol. The lowest BCUT2D eigenvalue weighted by Crippen LogP contribution is -2.03. The standard InChI is InChI=1S/C12H14O4/c1-4-5-8-6-9(15-2)7-10(11(8)13)12(14)16-3/h4,6-7,13H,1,5H2,2-3H3. The van der Waals surface area contributed by atoms with Crippen LogP contribution in [0.15, 0.2) is 24.8 Å². The van der Waals surface area contributed by atoms with Crippen LogP contribution < -0.4 is 4.74 Å². The third-order valence-corrected chi connectivity index (χ3v) is 2.17. The van der Waals surface area contributed by atoms with Gasteiger partial charge >= 0.3 is 5.97 Å². The molecule has 16 heavy (non-hydrogen) atoms. The summed E-state index contributed by atoms with van der Waals surface area (Å²) in [5.41, 5.74) is 0.674. The van der Waals surface area contributed by atoms with Crippen LogP contribution >= 0.6 is 0 Å². The van der Waals surface area contributed by atoms with Crippen LogP contribution in [-0.2, 0) is 11.2 Å². The number of methoxy groups -OCH3 is 2. The zero-order valence-electron chi connectivity index (χ0n) is 9.32. The van der Waals surface area contributed by atoms with Gasteiger partial charge in [0.25, 0.3) is 0 Å². The van der Waals surface area contributed by atoms with Crippen LogP contribution in [0.25, 0.3) is 0 Å². The van der Waals surface area contributed by atoms with Gasteiger partial charge in [-0.05, 0) is 18.6 Å². The summed E-state index contributed by atoms with van der Waals surface area (Å²) in [5.74, 6) is -0.190. The van der Waals surface area contributed by atoms with Crippen molar-refractivity contribution in [2.45, 2.75) is 6.42 Å². The van der Waals surface area contributed by atoms with E-state index >= 15 is 0 Å². The van der Waals surface area contributed by atoms with Crippen LogP contribution in [-0.4, -0.2) is 25.3 Å². The smallest absolute Gasteiger partial charge is 0.341 e. The van der Waals surface area contributed by atoms with Gasteiger partial charge in [-0.25, -0.2) is 4.79 Å². The Hall–Kier alpha value is -1.97. The molecule has 0 aromatic heterocycles. The summed E-state index contributed by atoms with van der Waals surface area (Å²) in [5, 5.41) is 9.84. The minimum atomic E-state index is -0.596. The fourth-order valence-electron chi connectivity index (χ4n) is 1.36. The summed E-state index contributed by atoms with van der Waals surface area (Å²) in [4.78, 5) is 11.4. The summed E-state index contributed by atoms with van der Waals surface area (Å²) < 4.78 is 9.61. The third kappa shape index (κ3) is 2.34. The maximum absolute atomic E-state index is 11.4. The minimum Gasteiger partial charge on any atom is -0.507 e. The summed E-state index contributed by atoms with van der Waals surface area (Å²) in [7, 11) is 2.75. The SMILES string of the molecule is C=CCc1cc(OC)cc(C(=O)OC)c1O. The Morgan fingerprint density at radius 2 is 2.19 bits per heavy atom. The van der Waals surface area contributed by atoms with Crippen molar-refractivity contribution in [3.8, 4) is 11.5 Å². The molecule has 0 bridgehead atoms. The summed E-state index contributed by atoms with van der Waals surface area (Å²) in [6.07, 6.45) is 2.09. The van der Waals surface area contributed by atoms with Crippen molar-refractivity contribution in [2.75, 3.05) is 14.2 Å². The molecule has 0 atom stereocenters. The number of rotatable bonds is 4. The van der Waals surface area contributed by atoms with Crippen molar-refractivity contribution in [1.82, 2.24) is 0 Å². The highest BCUT2D eigenvalue weighted by Gasteiger charge is 2.16. The third-order valence-electron chi connectivity index (χ3n) is 2.17. The molecule has 0 radical (unpaired) electrons. The minimum absolute atomic E-state index is 0.0902. The van der Waals surface area contributed by atoms with Gasteiger partial charge in [0.15, 0.2) is 0 Å². The Bertz CT molecular complexity index is 410. The molecule has 0 saturated heterocycles. The van der Waals surface area contributed by atoms with E-state index in [0.29, 0.717) is 17.7 Å². The molecule has 1 rings (SSSR count). The van der Waals surface area contributed by atoms with E-state index in [0.717, 1.165) is 0 Å². The number of benzene rings is 1. The van der Waals surface area contributed by atoms with Crippen molar-refractivity contribution in [3.05, 3.63) is 35.9 Å². The Labute approximate surface area is 94.1 Å². The maximum Gasteiger partial charge on any atom is 0.341 e. The number of ether oxygens (including phenoxy) is 2. The average Bonchev–Trinajstić information content (AvgIpc) is 2.31. The van der Waals surface area contributed by atoms with Crippen LogP contribution in [0.2, 0.25) is 0 Å². The van der Waals surface area contributed by atoms with Crippen molar-refractivity contribution in [1.29, 1.82) is 0 Å².